The van der Waals surface area contributed by atoms with Crippen LogP contribution >= 0.6 is 0 Å². The van der Waals surface area contributed by atoms with E-state index in [1.54, 1.807) is 11.3 Å². The lowest BCUT2D eigenvalue weighted by atomic mass is 10.3. The number of nitrogens with zero attached hydrogens (tertiary/aromatic N) is 2. The van der Waals surface area contributed by atoms with Gasteiger partial charge in [0.1, 0.15) is 6.42 Å². The predicted octanol–water partition coefficient (Wildman–Crippen LogP) is 0.825. The average molecular weight is 184 g/mol. The number of carbonyl (C=O) groups excluding carboxylic acids is 1. The van der Waals surface area contributed by atoms with Gasteiger partial charge in [0.05, 0.1) is 0 Å². The highest BCUT2D eigenvalue weighted by Gasteiger charge is 2.08. The van der Waals surface area contributed by atoms with E-state index >= 15 is 0 Å². The third kappa shape index (κ3) is 6.46. The summed E-state index contributed by atoms with van der Waals surface area (Å²) in [5.41, 5.74) is 0. The molecule has 0 spiro atoms. The normalized spacial score (nSPS) is 10.2. The summed E-state index contributed by atoms with van der Waals surface area (Å²) in [7, 11) is 5.90. The number of amides is 1. The molecule has 0 aliphatic rings. The van der Waals surface area contributed by atoms with Gasteiger partial charge >= 0.3 is 0 Å². The molecule has 0 aromatic carbocycles. The topological polar surface area (TPSA) is 23.6 Å². The van der Waals surface area contributed by atoms with Crippen LogP contribution in [0.15, 0.2) is 0 Å². The van der Waals surface area contributed by atoms with Crippen molar-refractivity contribution in [3.05, 3.63) is 13.3 Å². The molecule has 1 amide bonds. The molecule has 0 unspecified atom stereocenters. The lowest BCUT2D eigenvalue weighted by Crippen LogP contribution is -2.29. The summed E-state index contributed by atoms with van der Waals surface area (Å²) in [4.78, 5) is 15.1. The highest BCUT2D eigenvalue weighted by Crippen LogP contribution is 1.95. The van der Waals surface area contributed by atoms with Crippen LogP contribution in [0.3, 0.4) is 0 Å². The third-order valence-corrected chi connectivity index (χ3v) is 1.84. The summed E-state index contributed by atoms with van der Waals surface area (Å²) in [5, 5.41) is 0. The van der Waals surface area contributed by atoms with Gasteiger partial charge in [-0.1, -0.05) is 6.42 Å². The molecule has 0 N–H and O–H groups in total. The van der Waals surface area contributed by atoms with Crippen molar-refractivity contribution < 1.29 is 4.79 Å². The fraction of sp³-hybridized carbons (Fsp3) is 0.700. The van der Waals surface area contributed by atoms with Gasteiger partial charge in [-0.3, -0.25) is 4.79 Å². The quantitative estimate of drug-likeness (QED) is 0.571. The maximum atomic E-state index is 11.3. The second-order valence-electron chi connectivity index (χ2n) is 3.46. The second kappa shape index (κ2) is 6.78. The minimum atomic E-state index is 0.147. The summed E-state index contributed by atoms with van der Waals surface area (Å²) in [6, 6.07) is 0. The Labute approximate surface area is 81.7 Å². The summed E-state index contributed by atoms with van der Waals surface area (Å²) in [6.45, 7) is 5.38. The Hall–Kier alpha value is -0.700. The highest BCUT2D eigenvalue weighted by molar-refractivity contribution is 5.76. The van der Waals surface area contributed by atoms with Crippen LogP contribution in [0.1, 0.15) is 12.8 Å². The molecule has 3 heteroatoms. The van der Waals surface area contributed by atoms with E-state index in [-0.39, 0.29) is 5.91 Å². The van der Waals surface area contributed by atoms with Crippen molar-refractivity contribution >= 4 is 5.91 Å². The molecule has 0 fully saturated rings. The SMILES string of the molecule is [CH2-][CH+]CC(=O)N(C)CCCN(C)C. The number of hydrogen-bond acceptors (Lipinski definition) is 2. The molecule has 0 heterocycles. The molecule has 0 aliphatic carbocycles. The molecule has 0 aliphatic heterocycles. The van der Waals surface area contributed by atoms with Crippen molar-refractivity contribution in [1.82, 2.24) is 9.80 Å². The van der Waals surface area contributed by atoms with E-state index in [4.69, 9.17) is 0 Å². The zero-order valence-electron chi connectivity index (χ0n) is 8.92. The Morgan fingerprint density at radius 1 is 1.31 bits per heavy atom. The summed E-state index contributed by atoms with van der Waals surface area (Å²) < 4.78 is 0. The molecule has 0 aromatic rings. The Morgan fingerprint density at radius 3 is 2.38 bits per heavy atom. The zero-order chi connectivity index (χ0) is 10.3. The van der Waals surface area contributed by atoms with E-state index in [1.165, 1.54) is 0 Å². The van der Waals surface area contributed by atoms with Crippen molar-refractivity contribution in [2.45, 2.75) is 12.8 Å². The molecule has 0 radical (unpaired) electrons. The van der Waals surface area contributed by atoms with E-state index < -0.39 is 0 Å². The average Bonchev–Trinajstić information content (AvgIpc) is 2.04. The van der Waals surface area contributed by atoms with Crippen molar-refractivity contribution in [2.75, 3.05) is 34.2 Å². The first-order valence-electron chi connectivity index (χ1n) is 4.57. The zero-order valence-corrected chi connectivity index (χ0v) is 8.92. The molecule has 0 aromatic heterocycles. The van der Waals surface area contributed by atoms with Crippen LogP contribution < -0.4 is 0 Å². The Balaban J connectivity index is 3.49. The summed E-state index contributed by atoms with van der Waals surface area (Å²) >= 11 is 0. The van der Waals surface area contributed by atoms with Crippen molar-refractivity contribution in [2.24, 2.45) is 0 Å². The van der Waals surface area contributed by atoms with E-state index in [9.17, 15) is 4.79 Å². The first-order chi connectivity index (χ1) is 6.07. The maximum Gasteiger partial charge on any atom is 0.264 e. The first-order valence-corrected chi connectivity index (χ1v) is 4.57. The van der Waals surface area contributed by atoms with Gasteiger partial charge in [-0.25, -0.2) is 0 Å². The number of rotatable bonds is 6. The lowest BCUT2D eigenvalue weighted by Gasteiger charge is -2.17. The Morgan fingerprint density at radius 2 is 1.92 bits per heavy atom. The Bertz CT molecular complexity index is 146. The van der Waals surface area contributed by atoms with E-state index in [1.807, 2.05) is 21.1 Å². The molecule has 0 atom stereocenters. The summed E-state index contributed by atoms with van der Waals surface area (Å²) in [5.74, 6) is 0.147. The van der Waals surface area contributed by atoms with Gasteiger partial charge in [-0.05, 0) is 27.1 Å². The smallest absolute Gasteiger partial charge is 0.264 e. The van der Waals surface area contributed by atoms with E-state index in [0.29, 0.717) is 6.42 Å². The minimum absolute atomic E-state index is 0.147. The van der Waals surface area contributed by atoms with Crippen molar-refractivity contribution in [1.29, 1.82) is 0 Å². The van der Waals surface area contributed by atoms with E-state index in [0.717, 1.165) is 19.5 Å². The van der Waals surface area contributed by atoms with Crippen molar-refractivity contribution in [3.63, 3.8) is 0 Å². The van der Waals surface area contributed by atoms with Gasteiger partial charge in [0.15, 0.2) is 0 Å². The summed E-state index contributed by atoms with van der Waals surface area (Å²) in [6.07, 6.45) is 3.11. The van der Waals surface area contributed by atoms with Crippen LogP contribution in [0.4, 0.5) is 0 Å². The van der Waals surface area contributed by atoms with Crippen LogP contribution in [0.25, 0.3) is 0 Å². The number of carbonyl (C=O) groups is 1. The molecular formula is C10H20N2O. The molecule has 0 saturated heterocycles. The predicted molar refractivity (Wildman–Crippen MR) is 55.1 cm³/mol. The standard InChI is InChI=1S/C10H20N2O/c1-5-7-10(13)12(4)9-6-8-11(2)3/h5H,1,6-9H2,2-4H3. The fourth-order valence-corrected chi connectivity index (χ4v) is 1.03. The van der Waals surface area contributed by atoms with Crippen LogP contribution in [0.2, 0.25) is 0 Å². The molecule has 0 bridgehead atoms. The Kier molecular flexibility index (Phi) is 6.41. The van der Waals surface area contributed by atoms with Crippen LogP contribution in [-0.2, 0) is 4.79 Å². The lowest BCUT2D eigenvalue weighted by molar-refractivity contribution is -0.129. The van der Waals surface area contributed by atoms with Gasteiger partial charge in [0.2, 0.25) is 0 Å². The molecule has 3 nitrogen and oxygen atoms in total. The van der Waals surface area contributed by atoms with Gasteiger partial charge in [0.25, 0.3) is 5.91 Å². The van der Waals surface area contributed by atoms with Gasteiger partial charge in [-0.15, -0.1) is 6.92 Å². The molecule has 0 rings (SSSR count). The van der Waals surface area contributed by atoms with Gasteiger partial charge in [0, 0.05) is 13.6 Å². The van der Waals surface area contributed by atoms with Crippen molar-refractivity contribution in [3.8, 4) is 0 Å². The van der Waals surface area contributed by atoms with Crippen LogP contribution in [0, 0.1) is 13.3 Å². The maximum absolute atomic E-state index is 11.3. The number of hydrogen-bond donors (Lipinski definition) is 0. The molecular weight excluding hydrogens is 164 g/mol. The third-order valence-electron chi connectivity index (χ3n) is 1.84. The van der Waals surface area contributed by atoms with Gasteiger partial charge in [-0.2, -0.15) is 0 Å². The largest absolute Gasteiger partial charge is 0.342 e. The van der Waals surface area contributed by atoms with Gasteiger partial charge < -0.3 is 9.80 Å². The second-order valence-corrected chi connectivity index (χ2v) is 3.46. The minimum Gasteiger partial charge on any atom is -0.342 e. The van der Waals surface area contributed by atoms with Crippen LogP contribution in [-0.4, -0.2) is 49.9 Å². The van der Waals surface area contributed by atoms with E-state index in [2.05, 4.69) is 11.8 Å². The van der Waals surface area contributed by atoms with Crippen LogP contribution in [0.5, 0.6) is 0 Å². The molecule has 0 saturated carbocycles. The molecule has 13 heavy (non-hydrogen) atoms. The molecule has 76 valence electrons. The fourth-order valence-electron chi connectivity index (χ4n) is 1.03. The first kappa shape index (κ1) is 12.3. The highest BCUT2D eigenvalue weighted by atomic mass is 16.2. The monoisotopic (exact) mass is 184 g/mol.